The maximum absolute atomic E-state index is 12.1. The second kappa shape index (κ2) is 7.11. The average molecular weight is 368 g/mol. The Labute approximate surface area is 139 Å². The lowest BCUT2D eigenvalue weighted by Crippen LogP contribution is -2.49. The van der Waals surface area contributed by atoms with Gasteiger partial charge in [-0.3, -0.25) is 9.69 Å². The predicted molar refractivity (Wildman–Crippen MR) is 88.1 cm³/mol. The first kappa shape index (κ1) is 16.0. The minimum absolute atomic E-state index is 0.143. The van der Waals surface area contributed by atoms with Gasteiger partial charge < -0.3 is 9.47 Å². The van der Waals surface area contributed by atoms with Crippen LogP contribution in [-0.2, 0) is 16.1 Å². The number of nitrogens with zero attached hydrogens (tertiary/aromatic N) is 1. The number of hydrogen-bond acceptors (Lipinski definition) is 4. The SMILES string of the molecule is COc1ccc(Br)c(CN2CCOC[C@H]2[C@H]2CCCC2=O)c1. The molecule has 1 saturated heterocycles. The fourth-order valence-electron chi connectivity index (χ4n) is 3.49. The molecule has 0 aromatic heterocycles. The van der Waals surface area contributed by atoms with E-state index >= 15 is 0 Å². The number of carbonyl (C=O) groups is 1. The first-order valence-electron chi connectivity index (χ1n) is 7.86. The summed E-state index contributed by atoms with van der Waals surface area (Å²) in [4.78, 5) is 14.5. The van der Waals surface area contributed by atoms with E-state index in [0.717, 1.165) is 49.2 Å². The smallest absolute Gasteiger partial charge is 0.137 e. The van der Waals surface area contributed by atoms with Crippen LogP contribution in [0.3, 0.4) is 0 Å². The first-order chi connectivity index (χ1) is 10.7. The number of halogens is 1. The normalized spacial score (nSPS) is 26.4. The molecule has 0 spiro atoms. The van der Waals surface area contributed by atoms with Gasteiger partial charge in [-0.2, -0.15) is 0 Å². The zero-order valence-electron chi connectivity index (χ0n) is 12.9. The van der Waals surface area contributed by atoms with E-state index in [4.69, 9.17) is 9.47 Å². The highest BCUT2D eigenvalue weighted by Gasteiger charge is 2.37. The summed E-state index contributed by atoms with van der Waals surface area (Å²) in [5, 5.41) is 0. The third-order valence-corrected chi connectivity index (χ3v) is 5.50. The standard InChI is InChI=1S/C17H22BrNO3/c1-21-13-5-6-15(18)12(9-13)10-19-7-8-22-11-16(19)14-3-2-4-17(14)20/h5-6,9,14,16H,2-4,7-8,10-11H2,1H3/t14-,16+/m1/s1. The van der Waals surface area contributed by atoms with Crippen molar-refractivity contribution in [3.05, 3.63) is 28.2 Å². The molecule has 2 fully saturated rings. The molecule has 1 aliphatic carbocycles. The minimum Gasteiger partial charge on any atom is -0.497 e. The van der Waals surface area contributed by atoms with Gasteiger partial charge in [0.15, 0.2) is 0 Å². The van der Waals surface area contributed by atoms with Crippen molar-refractivity contribution in [3.63, 3.8) is 0 Å². The largest absolute Gasteiger partial charge is 0.497 e. The molecule has 22 heavy (non-hydrogen) atoms. The lowest BCUT2D eigenvalue weighted by Gasteiger charge is -2.38. The van der Waals surface area contributed by atoms with Crippen LogP contribution in [-0.4, -0.2) is 43.6 Å². The van der Waals surface area contributed by atoms with Crippen LogP contribution in [0.5, 0.6) is 5.75 Å². The number of methoxy groups -OCH3 is 1. The number of rotatable bonds is 4. The fraction of sp³-hybridized carbons (Fsp3) is 0.588. The van der Waals surface area contributed by atoms with Gasteiger partial charge in [-0.15, -0.1) is 0 Å². The molecule has 1 heterocycles. The summed E-state index contributed by atoms with van der Waals surface area (Å²) in [6.07, 6.45) is 2.76. The minimum atomic E-state index is 0.143. The van der Waals surface area contributed by atoms with Crippen LogP contribution in [0, 0.1) is 5.92 Å². The van der Waals surface area contributed by atoms with Gasteiger partial charge in [0.05, 0.1) is 20.3 Å². The van der Waals surface area contributed by atoms with E-state index in [1.165, 1.54) is 5.56 Å². The Morgan fingerprint density at radius 1 is 1.45 bits per heavy atom. The third-order valence-electron chi connectivity index (χ3n) is 4.72. The van der Waals surface area contributed by atoms with Crippen LogP contribution in [0.2, 0.25) is 0 Å². The number of carbonyl (C=O) groups excluding carboxylic acids is 1. The summed E-state index contributed by atoms with van der Waals surface area (Å²) in [5.74, 6) is 1.41. The summed E-state index contributed by atoms with van der Waals surface area (Å²) in [6.45, 7) is 3.09. The predicted octanol–water partition coefficient (Wildman–Crippen LogP) is 3.03. The molecule has 5 heteroatoms. The van der Waals surface area contributed by atoms with E-state index in [0.29, 0.717) is 12.4 Å². The second-order valence-electron chi connectivity index (χ2n) is 6.04. The van der Waals surface area contributed by atoms with Crippen LogP contribution >= 0.6 is 15.9 Å². The van der Waals surface area contributed by atoms with Gasteiger partial charge in [-0.25, -0.2) is 0 Å². The summed E-state index contributed by atoms with van der Waals surface area (Å²) in [6, 6.07) is 6.24. The summed E-state index contributed by atoms with van der Waals surface area (Å²) in [5.41, 5.74) is 1.19. The molecule has 1 aliphatic heterocycles. The Bertz CT molecular complexity index is 549. The topological polar surface area (TPSA) is 38.8 Å². The van der Waals surface area contributed by atoms with E-state index in [1.807, 2.05) is 12.1 Å². The maximum atomic E-state index is 12.1. The molecule has 0 bridgehead atoms. The zero-order chi connectivity index (χ0) is 15.5. The van der Waals surface area contributed by atoms with Crippen molar-refractivity contribution in [1.82, 2.24) is 4.90 Å². The molecule has 1 aromatic rings. The van der Waals surface area contributed by atoms with Gasteiger partial charge in [0, 0.05) is 35.9 Å². The number of morpholine rings is 1. The van der Waals surface area contributed by atoms with Gasteiger partial charge in [-0.05, 0) is 36.6 Å². The van der Waals surface area contributed by atoms with E-state index in [-0.39, 0.29) is 12.0 Å². The van der Waals surface area contributed by atoms with Crippen LogP contribution in [0.4, 0.5) is 0 Å². The molecule has 0 amide bonds. The lowest BCUT2D eigenvalue weighted by molar-refractivity contribution is -0.125. The number of benzene rings is 1. The Hall–Kier alpha value is -0.910. The third kappa shape index (κ3) is 3.36. The van der Waals surface area contributed by atoms with E-state index < -0.39 is 0 Å². The summed E-state index contributed by atoms with van der Waals surface area (Å²) < 4.78 is 12.1. The molecule has 120 valence electrons. The number of ketones is 1. The molecule has 0 unspecified atom stereocenters. The van der Waals surface area contributed by atoms with E-state index in [9.17, 15) is 4.79 Å². The van der Waals surface area contributed by atoms with Crippen molar-refractivity contribution in [1.29, 1.82) is 0 Å². The highest BCUT2D eigenvalue weighted by atomic mass is 79.9. The van der Waals surface area contributed by atoms with E-state index in [1.54, 1.807) is 7.11 Å². The van der Waals surface area contributed by atoms with Crippen LogP contribution in [0.25, 0.3) is 0 Å². The number of Topliss-reactive ketones (excluding diaryl/α,β-unsaturated/α-hetero) is 1. The van der Waals surface area contributed by atoms with Gasteiger partial charge in [0.2, 0.25) is 0 Å². The van der Waals surface area contributed by atoms with Crippen LogP contribution in [0.15, 0.2) is 22.7 Å². The quantitative estimate of drug-likeness (QED) is 0.819. The average Bonchev–Trinajstić information content (AvgIpc) is 2.96. The monoisotopic (exact) mass is 367 g/mol. The van der Waals surface area contributed by atoms with Crippen molar-refractivity contribution < 1.29 is 14.3 Å². The van der Waals surface area contributed by atoms with Crippen molar-refractivity contribution in [2.75, 3.05) is 26.9 Å². The fourth-order valence-corrected chi connectivity index (χ4v) is 3.86. The molecular formula is C17H22BrNO3. The Balaban J connectivity index is 1.78. The Morgan fingerprint density at radius 3 is 3.05 bits per heavy atom. The van der Waals surface area contributed by atoms with Gasteiger partial charge in [-0.1, -0.05) is 15.9 Å². The Kier molecular flexibility index (Phi) is 5.16. The summed E-state index contributed by atoms with van der Waals surface area (Å²) in [7, 11) is 1.68. The molecule has 3 rings (SSSR count). The van der Waals surface area contributed by atoms with Gasteiger partial charge in [0.1, 0.15) is 11.5 Å². The van der Waals surface area contributed by atoms with Gasteiger partial charge >= 0.3 is 0 Å². The molecule has 4 nitrogen and oxygen atoms in total. The second-order valence-corrected chi connectivity index (χ2v) is 6.89. The first-order valence-corrected chi connectivity index (χ1v) is 8.65. The number of hydrogen-bond donors (Lipinski definition) is 0. The molecule has 2 aliphatic rings. The maximum Gasteiger partial charge on any atom is 0.137 e. The molecule has 1 aromatic carbocycles. The van der Waals surface area contributed by atoms with Crippen molar-refractivity contribution in [2.45, 2.75) is 31.8 Å². The van der Waals surface area contributed by atoms with E-state index in [2.05, 4.69) is 26.9 Å². The lowest BCUT2D eigenvalue weighted by atomic mass is 9.95. The summed E-state index contributed by atoms with van der Waals surface area (Å²) >= 11 is 3.62. The van der Waals surface area contributed by atoms with Crippen LogP contribution < -0.4 is 4.74 Å². The molecule has 0 radical (unpaired) electrons. The molecule has 1 saturated carbocycles. The highest BCUT2D eigenvalue weighted by molar-refractivity contribution is 9.10. The number of ether oxygens (including phenoxy) is 2. The van der Waals surface area contributed by atoms with Gasteiger partial charge in [0.25, 0.3) is 0 Å². The molecule has 0 N–H and O–H groups in total. The zero-order valence-corrected chi connectivity index (χ0v) is 14.5. The highest BCUT2D eigenvalue weighted by Crippen LogP contribution is 2.31. The Morgan fingerprint density at radius 2 is 2.32 bits per heavy atom. The van der Waals surface area contributed by atoms with Crippen LogP contribution in [0.1, 0.15) is 24.8 Å². The molecule has 2 atom stereocenters. The van der Waals surface area contributed by atoms with Crippen molar-refractivity contribution in [3.8, 4) is 5.75 Å². The molecular weight excluding hydrogens is 346 g/mol. The van der Waals surface area contributed by atoms with Crippen molar-refractivity contribution in [2.24, 2.45) is 5.92 Å². The van der Waals surface area contributed by atoms with Crippen molar-refractivity contribution >= 4 is 21.7 Å².